The molecule has 2 heterocycles. The van der Waals surface area contributed by atoms with Crippen LogP contribution >= 0.6 is 0 Å². The first-order valence-corrected chi connectivity index (χ1v) is 15.9. The van der Waals surface area contributed by atoms with Crippen LogP contribution in [0.2, 0.25) is 0 Å². The van der Waals surface area contributed by atoms with Crippen LogP contribution in [-0.2, 0) is 14.8 Å². The second-order valence-electron chi connectivity index (χ2n) is 10.9. The number of halogens is 1. The van der Waals surface area contributed by atoms with Gasteiger partial charge in [0.2, 0.25) is 5.90 Å². The van der Waals surface area contributed by atoms with Crippen LogP contribution in [0.4, 0.5) is 10.1 Å². The molecule has 0 amide bonds. The van der Waals surface area contributed by atoms with Gasteiger partial charge in [-0.1, -0.05) is 115 Å². The van der Waals surface area contributed by atoms with E-state index in [9.17, 15) is 8.42 Å². The van der Waals surface area contributed by atoms with Gasteiger partial charge in [-0.15, -0.1) is 4.40 Å². The molecule has 1 spiro atoms. The molecule has 2 aliphatic rings. The third-order valence-corrected chi connectivity index (χ3v) is 9.31. The smallest absolute Gasteiger partial charge is 0.285 e. The molecular formula is C37H28FN3O3S. The van der Waals surface area contributed by atoms with Gasteiger partial charge in [-0.05, 0) is 48.9 Å². The normalized spacial score (nSPS) is 20.3. The first-order valence-electron chi connectivity index (χ1n) is 14.5. The van der Waals surface area contributed by atoms with Gasteiger partial charge in [0.05, 0.1) is 22.2 Å². The Morgan fingerprint density at radius 2 is 1.38 bits per heavy atom. The van der Waals surface area contributed by atoms with E-state index in [0.717, 1.165) is 16.7 Å². The van der Waals surface area contributed by atoms with Crippen LogP contribution in [0.1, 0.15) is 28.2 Å². The van der Waals surface area contributed by atoms with E-state index in [2.05, 4.69) is 4.40 Å². The Labute approximate surface area is 261 Å². The van der Waals surface area contributed by atoms with Gasteiger partial charge in [0.15, 0.2) is 5.54 Å². The monoisotopic (exact) mass is 613 g/mol. The molecule has 8 heteroatoms. The molecule has 5 aromatic rings. The zero-order valence-corrected chi connectivity index (χ0v) is 25.1. The fraction of sp³-hybridized carbons (Fsp3) is 0.0811. The predicted molar refractivity (Wildman–Crippen MR) is 175 cm³/mol. The number of sulfonamides is 1. The Kier molecular flexibility index (Phi) is 7.14. The molecule has 2 atom stereocenters. The number of para-hydroxylation sites is 1. The number of nitrogens with zero attached hydrogens (tertiary/aromatic N) is 3. The van der Waals surface area contributed by atoms with Crippen molar-refractivity contribution in [2.75, 3.05) is 5.01 Å². The summed E-state index contributed by atoms with van der Waals surface area (Å²) >= 11 is 0. The minimum Gasteiger partial charge on any atom is -0.439 e. The maximum absolute atomic E-state index is 15.6. The lowest BCUT2D eigenvalue weighted by molar-refractivity contribution is 0.474. The lowest BCUT2D eigenvalue weighted by Crippen LogP contribution is -2.51. The highest BCUT2D eigenvalue weighted by Crippen LogP contribution is 2.51. The van der Waals surface area contributed by atoms with E-state index in [1.54, 1.807) is 35.3 Å². The fourth-order valence-electron chi connectivity index (χ4n) is 5.90. The minimum absolute atomic E-state index is 0.0308. The maximum Gasteiger partial charge on any atom is 0.285 e. The van der Waals surface area contributed by atoms with Gasteiger partial charge in [0.25, 0.3) is 10.0 Å². The third kappa shape index (κ3) is 5.03. The number of rotatable bonds is 6. The SMILES string of the molecule is Cc1ccc(S(=O)(=O)/N=C2\OC(c3ccccc3)=CC23C(c2ccccc2)C(c2ccccc2F)=NN3c2ccccc2)cc1. The lowest BCUT2D eigenvalue weighted by atomic mass is 9.75. The minimum atomic E-state index is -4.25. The van der Waals surface area contributed by atoms with Crippen molar-refractivity contribution in [3.05, 3.63) is 174 Å². The molecule has 2 unspecified atom stereocenters. The molecule has 5 aromatic carbocycles. The molecule has 0 radical (unpaired) electrons. The van der Waals surface area contributed by atoms with E-state index in [1.165, 1.54) is 18.2 Å². The summed E-state index contributed by atoms with van der Waals surface area (Å²) in [6.07, 6.45) is 1.87. The van der Waals surface area contributed by atoms with Gasteiger partial charge in [0, 0.05) is 11.1 Å². The van der Waals surface area contributed by atoms with Gasteiger partial charge < -0.3 is 4.74 Å². The van der Waals surface area contributed by atoms with Crippen molar-refractivity contribution in [1.29, 1.82) is 0 Å². The Morgan fingerprint density at radius 3 is 2.04 bits per heavy atom. The highest BCUT2D eigenvalue weighted by molar-refractivity contribution is 7.90. The molecule has 6 nitrogen and oxygen atoms in total. The summed E-state index contributed by atoms with van der Waals surface area (Å²) in [4.78, 5) is 0.0308. The molecule has 0 aliphatic carbocycles. The quantitative estimate of drug-likeness (QED) is 0.196. The van der Waals surface area contributed by atoms with E-state index < -0.39 is 27.3 Å². The summed E-state index contributed by atoms with van der Waals surface area (Å²) < 4.78 is 54.5. The predicted octanol–water partition coefficient (Wildman–Crippen LogP) is 7.74. The van der Waals surface area contributed by atoms with Crippen molar-refractivity contribution in [3.8, 4) is 0 Å². The molecule has 0 aromatic heterocycles. The van der Waals surface area contributed by atoms with Crippen LogP contribution in [-0.4, -0.2) is 25.6 Å². The molecular weight excluding hydrogens is 585 g/mol. The molecule has 2 aliphatic heterocycles. The third-order valence-electron chi connectivity index (χ3n) is 8.04. The highest BCUT2D eigenvalue weighted by Gasteiger charge is 2.60. The van der Waals surface area contributed by atoms with E-state index in [4.69, 9.17) is 9.84 Å². The second kappa shape index (κ2) is 11.3. The van der Waals surface area contributed by atoms with Crippen molar-refractivity contribution in [2.24, 2.45) is 9.50 Å². The molecule has 0 fully saturated rings. The summed E-state index contributed by atoms with van der Waals surface area (Å²) in [5.74, 6) is -0.835. The molecule has 0 saturated carbocycles. The van der Waals surface area contributed by atoms with E-state index in [-0.39, 0.29) is 10.8 Å². The molecule has 0 saturated heterocycles. The molecule has 0 bridgehead atoms. The first kappa shape index (κ1) is 28.4. The van der Waals surface area contributed by atoms with Gasteiger partial charge >= 0.3 is 0 Å². The Hall–Kier alpha value is -5.34. The lowest BCUT2D eigenvalue weighted by Gasteiger charge is -2.36. The van der Waals surface area contributed by atoms with E-state index in [0.29, 0.717) is 22.7 Å². The number of aryl methyl sites for hydroxylation is 1. The Bertz CT molecular complexity index is 2060. The van der Waals surface area contributed by atoms with Crippen molar-refractivity contribution in [2.45, 2.75) is 23.3 Å². The average molecular weight is 614 g/mol. The van der Waals surface area contributed by atoms with Gasteiger partial charge in [0.1, 0.15) is 11.6 Å². The summed E-state index contributed by atoms with van der Waals surface area (Å²) in [6, 6.07) is 41.3. The topological polar surface area (TPSA) is 71.3 Å². The number of hydrazone groups is 1. The molecule has 7 rings (SSSR count). The van der Waals surface area contributed by atoms with Crippen molar-refractivity contribution in [3.63, 3.8) is 0 Å². The van der Waals surface area contributed by atoms with Crippen molar-refractivity contribution >= 4 is 33.1 Å². The van der Waals surface area contributed by atoms with Crippen LogP contribution in [0.3, 0.4) is 0 Å². The highest BCUT2D eigenvalue weighted by atomic mass is 32.2. The number of anilines is 1. The summed E-state index contributed by atoms with van der Waals surface area (Å²) in [7, 11) is -4.25. The van der Waals surface area contributed by atoms with Crippen molar-refractivity contribution in [1.82, 2.24) is 0 Å². The largest absolute Gasteiger partial charge is 0.439 e. The zero-order valence-electron chi connectivity index (χ0n) is 24.3. The van der Waals surface area contributed by atoms with Gasteiger partial charge in [-0.2, -0.15) is 13.5 Å². The maximum atomic E-state index is 15.6. The Balaban J connectivity index is 1.55. The summed E-state index contributed by atoms with van der Waals surface area (Å²) in [5.41, 5.74) is 2.37. The molecule has 222 valence electrons. The van der Waals surface area contributed by atoms with E-state index in [1.807, 2.05) is 104 Å². The standard InChI is InChI=1S/C37H28FN3O3S/c1-26-21-23-30(24-22-26)45(42,43)40-36-37(25-33(44-36)27-13-5-2-6-14-27)34(28-15-7-3-8-16-28)35(31-19-11-12-20-32(31)38)39-41(37)29-17-9-4-10-18-29/h2-25,34H,1H3/b40-36-. The number of hydrogen-bond donors (Lipinski definition) is 0. The van der Waals surface area contributed by atoms with Gasteiger partial charge in [-0.25, -0.2) is 9.40 Å². The summed E-state index contributed by atoms with van der Waals surface area (Å²) in [6.45, 7) is 1.88. The van der Waals surface area contributed by atoms with Crippen LogP contribution in [0.25, 0.3) is 5.76 Å². The fourth-order valence-corrected chi connectivity index (χ4v) is 6.89. The number of ether oxygens (including phenoxy) is 1. The number of hydrogen-bond acceptors (Lipinski definition) is 5. The van der Waals surface area contributed by atoms with Crippen LogP contribution in [0.15, 0.2) is 160 Å². The first-order chi connectivity index (χ1) is 21.9. The number of benzene rings is 5. The van der Waals surface area contributed by atoms with Crippen LogP contribution < -0.4 is 5.01 Å². The van der Waals surface area contributed by atoms with E-state index >= 15 is 4.39 Å². The average Bonchev–Trinajstić information content (AvgIpc) is 3.60. The zero-order chi connectivity index (χ0) is 31.0. The van der Waals surface area contributed by atoms with Crippen LogP contribution in [0, 0.1) is 12.7 Å². The molecule has 0 N–H and O–H groups in total. The molecule has 45 heavy (non-hydrogen) atoms. The van der Waals surface area contributed by atoms with Gasteiger partial charge in [-0.3, -0.25) is 0 Å². The Morgan fingerprint density at radius 1 is 0.778 bits per heavy atom. The van der Waals surface area contributed by atoms with Crippen LogP contribution in [0.5, 0.6) is 0 Å². The second-order valence-corrected chi connectivity index (χ2v) is 12.5. The summed E-state index contributed by atoms with van der Waals surface area (Å²) in [5, 5.41) is 6.80. The van der Waals surface area contributed by atoms with Crippen molar-refractivity contribution < 1.29 is 17.5 Å².